The predicted octanol–water partition coefficient (Wildman–Crippen LogP) is 13.2. The van der Waals surface area contributed by atoms with Gasteiger partial charge in [0.2, 0.25) is 5.82 Å². The van der Waals surface area contributed by atoms with E-state index in [2.05, 4.69) is 214 Å². The van der Waals surface area contributed by atoms with Crippen LogP contribution in [0.15, 0.2) is 122 Å². The monoisotopic (exact) mass is 907 g/mol. The van der Waals surface area contributed by atoms with Gasteiger partial charge in [0.25, 0.3) is 0 Å². The van der Waals surface area contributed by atoms with Crippen LogP contribution in [0.4, 0.5) is 0 Å². The molecule has 348 valence electrons. The van der Waals surface area contributed by atoms with Crippen molar-refractivity contribution in [3.05, 3.63) is 155 Å². The first-order valence-corrected chi connectivity index (χ1v) is 24.0. The lowest BCUT2D eigenvalue weighted by Gasteiger charge is -2.17. The molecule has 9 rings (SSSR count). The Hall–Kier alpha value is -7.20. The SMILES string of the molecule is Cc1ccc(-c2ccc3c(c2)nc(-c2n(-c4c(C(C)C)cccc4C(C)C)cc(Oc4ccccc4C)[n+]2C)n3C)cc1Oc1cn(-c2c(C(C)C)cccc2C(C)C)c(-c2cncn2C)[n+]1C. The zero-order valence-corrected chi connectivity index (χ0v) is 42.3. The smallest absolute Gasteiger partial charge is 0.333 e. The third-order valence-corrected chi connectivity index (χ3v) is 13.6. The number of rotatable bonds is 13. The number of aromatic nitrogens is 8. The molecular weight excluding hydrogens is 841 g/mol. The molecule has 10 heteroatoms. The van der Waals surface area contributed by atoms with Gasteiger partial charge in [-0.05, 0) is 84.0 Å². The average Bonchev–Trinajstić information content (AvgIpc) is 4.06. The van der Waals surface area contributed by atoms with Gasteiger partial charge in [0, 0.05) is 36.3 Å². The molecule has 10 nitrogen and oxygen atoms in total. The van der Waals surface area contributed by atoms with Gasteiger partial charge in [0.15, 0.2) is 18.1 Å². The molecule has 0 aliphatic carbocycles. The molecule has 0 N–H and O–H groups in total. The fourth-order valence-electron chi connectivity index (χ4n) is 9.65. The summed E-state index contributed by atoms with van der Waals surface area (Å²) in [5, 5.41) is 0. The van der Waals surface area contributed by atoms with Gasteiger partial charge in [-0.1, -0.05) is 128 Å². The topological polar surface area (TPSA) is 71.7 Å². The predicted molar refractivity (Wildman–Crippen MR) is 274 cm³/mol. The molecule has 4 heterocycles. The minimum atomic E-state index is 0.293. The number of nitrogens with zero attached hydrogens (tertiary/aromatic N) is 8. The Kier molecular flexibility index (Phi) is 12.2. The summed E-state index contributed by atoms with van der Waals surface area (Å²) < 4.78 is 26.9. The molecule has 4 aromatic heterocycles. The molecule has 9 aromatic rings. The maximum atomic E-state index is 7.00. The van der Waals surface area contributed by atoms with Crippen LogP contribution in [0.5, 0.6) is 23.3 Å². The number of hydrogen-bond acceptors (Lipinski definition) is 4. The van der Waals surface area contributed by atoms with E-state index in [1.54, 1.807) is 0 Å². The second-order valence-electron chi connectivity index (χ2n) is 19.7. The van der Waals surface area contributed by atoms with E-state index in [4.69, 9.17) is 14.5 Å². The van der Waals surface area contributed by atoms with Crippen molar-refractivity contribution >= 4 is 11.0 Å². The highest BCUT2D eigenvalue weighted by Crippen LogP contribution is 2.39. The first-order valence-electron chi connectivity index (χ1n) is 24.0. The minimum Gasteiger partial charge on any atom is -0.420 e. The Balaban J connectivity index is 1.15. The summed E-state index contributed by atoms with van der Waals surface area (Å²) in [6.07, 6.45) is 8.05. The van der Waals surface area contributed by atoms with Gasteiger partial charge in [0.1, 0.15) is 22.9 Å². The number of para-hydroxylation sites is 3. The van der Waals surface area contributed by atoms with Crippen LogP contribution in [0.1, 0.15) is 112 Å². The van der Waals surface area contributed by atoms with E-state index in [1.807, 2.05) is 37.8 Å². The van der Waals surface area contributed by atoms with Crippen molar-refractivity contribution in [2.45, 2.75) is 92.9 Å². The van der Waals surface area contributed by atoms with Crippen LogP contribution < -0.4 is 18.6 Å². The highest BCUT2D eigenvalue weighted by Gasteiger charge is 2.35. The van der Waals surface area contributed by atoms with Crippen LogP contribution in [-0.2, 0) is 28.2 Å². The van der Waals surface area contributed by atoms with Gasteiger partial charge in [0.05, 0.1) is 37.7 Å². The number of ether oxygens (including phenoxy) is 2. The number of fused-ring (bicyclic) bond motifs is 1. The van der Waals surface area contributed by atoms with Crippen LogP contribution in [0.3, 0.4) is 0 Å². The summed E-state index contributed by atoms with van der Waals surface area (Å²) >= 11 is 0. The molecule has 0 aliphatic rings. The number of aryl methyl sites for hydroxylation is 4. The van der Waals surface area contributed by atoms with Gasteiger partial charge in [-0.25, -0.2) is 9.97 Å². The molecule has 68 heavy (non-hydrogen) atoms. The van der Waals surface area contributed by atoms with Crippen LogP contribution in [-0.4, -0.2) is 28.2 Å². The zero-order chi connectivity index (χ0) is 48.3. The quantitative estimate of drug-likeness (QED) is 0.108. The van der Waals surface area contributed by atoms with E-state index >= 15 is 0 Å². The molecule has 0 radical (unpaired) electrons. The summed E-state index contributed by atoms with van der Waals surface area (Å²) in [5.41, 5.74) is 14.6. The van der Waals surface area contributed by atoms with Crippen LogP contribution in [0.25, 0.3) is 56.7 Å². The van der Waals surface area contributed by atoms with Gasteiger partial charge in [-0.3, -0.25) is 0 Å². The fourth-order valence-corrected chi connectivity index (χ4v) is 9.65. The summed E-state index contributed by atoms with van der Waals surface area (Å²) in [7, 11) is 8.30. The molecule has 5 aromatic carbocycles. The van der Waals surface area contributed by atoms with Gasteiger partial charge < -0.3 is 18.6 Å². The van der Waals surface area contributed by atoms with Crippen molar-refractivity contribution in [1.29, 1.82) is 0 Å². The van der Waals surface area contributed by atoms with E-state index in [0.717, 1.165) is 79.7 Å². The molecule has 0 atom stereocenters. The van der Waals surface area contributed by atoms with E-state index < -0.39 is 0 Å². The third kappa shape index (κ3) is 8.09. The lowest BCUT2D eigenvalue weighted by atomic mass is 9.92. The van der Waals surface area contributed by atoms with Crippen molar-refractivity contribution in [2.24, 2.45) is 28.2 Å². The number of imidazole rings is 4. The van der Waals surface area contributed by atoms with Gasteiger partial charge in [-0.15, -0.1) is 0 Å². The van der Waals surface area contributed by atoms with Crippen molar-refractivity contribution in [1.82, 2.24) is 28.2 Å². The van der Waals surface area contributed by atoms with E-state index in [-0.39, 0.29) is 0 Å². The zero-order valence-electron chi connectivity index (χ0n) is 42.3. The summed E-state index contributed by atoms with van der Waals surface area (Å²) in [6, 6.07) is 34.6. The number of hydrogen-bond donors (Lipinski definition) is 0. The van der Waals surface area contributed by atoms with Crippen molar-refractivity contribution in [3.8, 4) is 68.9 Å². The van der Waals surface area contributed by atoms with Crippen LogP contribution in [0.2, 0.25) is 0 Å². The summed E-state index contributed by atoms with van der Waals surface area (Å²) in [4.78, 5) is 9.98. The largest absolute Gasteiger partial charge is 0.420 e. The Morgan fingerprint density at radius 1 is 0.544 bits per heavy atom. The van der Waals surface area contributed by atoms with E-state index in [9.17, 15) is 0 Å². The third-order valence-electron chi connectivity index (χ3n) is 13.6. The number of benzene rings is 5. The molecule has 0 spiro atoms. The van der Waals surface area contributed by atoms with Crippen molar-refractivity contribution in [2.75, 3.05) is 0 Å². The Morgan fingerprint density at radius 3 is 1.59 bits per heavy atom. The highest BCUT2D eigenvalue weighted by atomic mass is 16.5. The van der Waals surface area contributed by atoms with Crippen LogP contribution in [0, 0.1) is 13.8 Å². The van der Waals surface area contributed by atoms with E-state index in [0.29, 0.717) is 23.7 Å². The molecule has 0 amide bonds. The average molecular weight is 907 g/mol. The summed E-state index contributed by atoms with van der Waals surface area (Å²) in [5.74, 6) is 7.02. The maximum Gasteiger partial charge on any atom is 0.333 e. The molecular formula is C58H66N8O2+2. The minimum absolute atomic E-state index is 0.293. The lowest BCUT2D eigenvalue weighted by Crippen LogP contribution is -2.32. The first kappa shape index (κ1) is 45.9. The first-order chi connectivity index (χ1) is 32.5. The standard InChI is InChI=1S/C58H66N8O2/c1-35(2)43-20-17-21-44(36(3)4)54(43)65-32-52(63(13)57(65)49-31-59-34-61(49)11)68-51-30-42(26-25-40(51)10)41-27-28-48-47(29-41)60-56(62(48)12)58-64(14)53(67-50-24-16-15-19-39(50)9)33-66(58)55-45(37(5)6)22-18-23-46(55)38(7)8/h15-38H,1-14H3/q+2. The molecule has 0 saturated heterocycles. The molecule has 0 aliphatic heterocycles. The highest BCUT2D eigenvalue weighted by molar-refractivity contribution is 5.85. The molecule has 0 fully saturated rings. The Labute approximate surface area is 401 Å². The maximum absolute atomic E-state index is 7.00. The second-order valence-corrected chi connectivity index (χ2v) is 19.7. The molecule has 0 unspecified atom stereocenters. The summed E-state index contributed by atoms with van der Waals surface area (Å²) in [6.45, 7) is 22.3. The molecule has 0 saturated carbocycles. The Bertz CT molecular complexity index is 3280. The van der Waals surface area contributed by atoms with Gasteiger partial charge >= 0.3 is 23.4 Å². The Morgan fingerprint density at radius 2 is 1.04 bits per heavy atom. The van der Waals surface area contributed by atoms with Crippen molar-refractivity contribution in [3.63, 3.8) is 0 Å². The van der Waals surface area contributed by atoms with Crippen molar-refractivity contribution < 1.29 is 18.6 Å². The lowest BCUT2D eigenvalue weighted by molar-refractivity contribution is -0.664. The van der Waals surface area contributed by atoms with E-state index in [1.165, 1.54) is 33.6 Å². The second kappa shape index (κ2) is 18.1. The van der Waals surface area contributed by atoms with Crippen LogP contribution >= 0.6 is 0 Å². The normalized spacial score (nSPS) is 11.9. The fraction of sp³-hybridized carbons (Fsp3) is 0.310. The molecule has 0 bridgehead atoms. The van der Waals surface area contributed by atoms with Gasteiger partial charge in [-0.2, -0.15) is 18.3 Å².